The lowest BCUT2D eigenvalue weighted by Crippen LogP contribution is -2.32. The molecular weight excluding hydrogens is 282 g/mol. The van der Waals surface area contributed by atoms with Gasteiger partial charge in [0.25, 0.3) is 0 Å². The summed E-state index contributed by atoms with van der Waals surface area (Å²) in [6, 6.07) is 13.6. The summed E-state index contributed by atoms with van der Waals surface area (Å²) in [5, 5.41) is 15.7. The molecule has 3 N–H and O–H groups in total. The molecule has 0 heterocycles. The van der Waals surface area contributed by atoms with Crippen molar-refractivity contribution in [3.8, 4) is 5.75 Å². The summed E-state index contributed by atoms with van der Waals surface area (Å²) < 4.78 is 0. The Balaban J connectivity index is 1.94. The van der Waals surface area contributed by atoms with Gasteiger partial charge in [0, 0.05) is 11.3 Å². The van der Waals surface area contributed by atoms with Gasteiger partial charge in [0.2, 0.25) is 0 Å². The van der Waals surface area contributed by atoms with Gasteiger partial charge in [-0.3, -0.25) is 9.59 Å². The van der Waals surface area contributed by atoms with Crippen molar-refractivity contribution in [3.63, 3.8) is 0 Å². The van der Waals surface area contributed by atoms with Crippen LogP contribution in [0.1, 0.15) is 11.1 Å². The van der Waals surface area contributed by atoms with Crippen LogP contribution in [0.2, 0.25) is 0 Å². The Morgan fingerprint density at radius 3 is 2.45 bits per heavy atom. The molecule has 2 rings (SSSR count). The van der Waals surface area contributed by atoms with Crippen molar-refractivity contribution in [2.75, 3.05) is 5.32 Å². The van der Waals surface area contributed by atoms with E-state index in [0.29, 0.717) is 11.3 Å². The van der Waals surface area contributed by atoms with Gasteiger partial charge < -0.3 is 10.4 Å². The first-order valence-electron chi connectivity index (χ1n) is 6.56. The number of aryl methyl sites for hydroxylation is 1. The van der Waals surface area contributed by atoms with Crippen LogP contribution in [0.15, 0.2) is 53.6 Å². The van der Waals surface area contributed by atoms with Crippen LogP contribution in [0.25, 0.3) is 0 Å². The van der Waals surface area contributed by atoms with Gasteiger partial charge in [-0.15, -0.1) is 0 Å². The fourth-order valence-electron chi connectivity index (χ4n) is 1.70. The number of amides is 2. The Morgan fingerprint density at radius 2 is 1.73 bits per heavy atom. The third-order valence-corrected chi connectivity index (χ3v) is 2.91. The molecular formula is C16H15N3O3. The number of carbonyl (C=O) groups is 2. The van der Waals surface area contributed by atoms with E-state index < -0.39 is 11.8 Å². The third-order valence-electron chi connectivity index (χ3n) is 2.91. The SMILES string of the molecule is Cc1ccccc1NC(=O)C(=O)N/N=C\c1ccccc1O. The van der Waals surface area contributed by atoms with Gasteiger partial charge in [0.1, 0.15) is 5.75 Å². The zero-order valence-corrected chi connectivity index (χ0v) is 11.9. The van der Waals surface area contributed by atoms with Crippen LogP contribution in [0.3, 0.4) is 0 Å². The van der Waals surface area contributed by atoms with E-state index in [2.05, 4.69) is 15.8 Å². The lowest BCUT2D eigenvalue weighted by molar-refractivity contribution is -0.136. The number of hydrogen-bond donors (Lipinski definition) is 3. The number of phenolic OH excluding ortho intramolecular Hbond substituents is 1. The summed E-state index contributed by atoms with van der Waals surface area (Å²) in [6.07, 6.45) is 1.26. The number of nitrogens with one attached hydrogen (secondary N) is 2. The van der Waals surface area contributed by atoms with Crippen molar-refractivity contribution in [1.82, 2.24) is 5.43 Å². The quantitative estimate of drug-likeness (QED) is 0.458. The Kier molecular flexibility index (Phi) is 4.87. The molecule has 0 saturated carbocycles. The molecule has 0 aromatic heterocycles. The van der Waals surface area contributed by atoms with Gasteiger partial charge in [-0.25, -0.2) is 5.43 Å². The number of aromatic hydroxyl groups is 1. The first-order valence-corrected chi connectivity index (χ1v) is 6.56. The lowest BCUT2D eigenvalue weighted by atomic mass is 10.2. The highest BCUT2D eigenvalue weighted by molar-refractivity contribution is 6.39. The first-order chi connectivity index (χ1) is 10.6. The lowest BCUT2D eigenvalue weighted by Gasteiger charge is -2.06. The summed E-state index contributed by atoms with van der Waals surface area (Å²) in [4.78, 5) is 23.4. The summed E-state index contributed by atoms with van der Waals surface area (Å²) in [5.41, 5.74) is 3.95. The van der Waals surface area contributed by atoms with Crippen molar-refractivity contribution >= 4 is 23.7 Å². The van der Waals surface area contributed by atoms with E-state index in [1.807, 2.05) is 19.1 Å². The number of para-hydroxylation sites is 2. The number of anilines is 1. The molecule has 0 unspecified atom stereocenters. The van der Waals surface area contributed by atoms with Crippen LogP contribution in [-0.2, 0) is 9.59 Å². The van der Waals surface area contributed by atoms with Crippen LogP contribution < -0.4 is 10.7 Å². The number of nitrogens with zero attached hydrogens (tertiary/aromatic N) is 1. The molecule has 0 saturated heterocycles. The molecule has 0 spiro atoms. The second-order valence-electron chi connectivity index (χ2n) is 4.53. The van der Waals surface area contributed by atoms with Crippen LogP contribution in [0, 0.1) is 6.92 Å². The van der Waals surface area contributed by atoms with Crippen LogP contribution in [0.4, 0.5) is 5.69 Å². The average molecular weight is 297 g/mol. The minimum Gasteiger partial charge on any atom is -0.507 e. The van der Waals surface area contributed by atoms with Gasteiger partial charge >= 0.3 is 11.8 Å². The van der Waals surface area contributed by atoms with Crippen molar-refractivity contribution in [3.05, 3.63) is 59.7 Å². The van der Waals surface area contributed by atoms with E-state index in [-0.39, 0.29) is 5.75 Å². The molecule has 0 aliphatic carbocycles. The zero-order valence-electron chi connectivity index (χ0n) is 11.9. The number of hydrazone groups is 1. The number of rotatable bonds is 3. The number of hydrogen-bond acceptors (Lipinski definition) is 4. The molecule has 112 valence electrons. The molecule has 2 aromatic rings. The van der Waals surface area contributed by atoms with E-state index in [1.165, 1.54) is 12.3 Å². The van der Waals surface area contributed by atoms with E-state index in [9.17, 15) is 14.7 Å². The summed E-state index contributed by atoms with van der Waals surface area (Å²) in [6.45, 7) is 1.82. The fourth-order valence-corrected chi connectivity index (χ4v) is 1.70. The maximum Gasteiger partial charge on any atom is 0.329 e. The van der Waals surface area contributed by atoms with E-state index >= 15 is 0 Å². The molecule has 0 aliphatic heterocycles. The van der Waals surface area contributed by atoms with Crippen molar-refractivity contribution in [1.29, 1.82) is 0 Å². The van der Waals surface area contributed by atoms with Crippen molar-refractivity contribution in [2.45, 2.75) is 6.92 Å². The predicted octanol–water partition coefficient (Wildman–Crippen LogP) is 1.79. The zero-order chi connectivity index (χ0) is 15.9. The molecule has 6 heteroatoms. The second kappa shape index (κ2) is 7.03. The van der Waals surface area contributed by atoms with Crippen molar-refractivity contribution in [2.24, 2.45) is 5.10 Å². The minimum absolute atomic E-state index is 0.0323. The third kappa shape index (κ3) is 3.92. The normalized spacial score (nSPS) is 10.4. The first kappa shape index (κ1) is 15.2. The minimum atomic E-state index is -0.894. The second-order valence-corrected chi connectivity index (χ2v) is 4.53. The highest BCUT2D eigenvalue weighted by atomic mass is 16.3. The Labute approximate surface area is 127 Å². The van der Waals surface area contributed by atoms with Gasteiger partial charge in [-0.1, -0.05) is 30.3 Å². The Morgan fingerprint density at radius 1 is 1.05 bits per heavy atom. The van der Waals surface area contributed by atoms with E-state index in [0.717, 1.165) is 5.56 Å². The predicted molar refractivity (Wildman–Crippen MR) is 83.7 cm³/mol. The maximum atomic E-state index is 11.7. The summed E-state index contributed by atoms with van der Waals surface area (Å²) in [5.74, 6) is -1.68. The van der Waals surface area contributed by atoms with Gasteiger partial charge in [0.15, 0.2) is 0 Å². The molecule has 0 atom stereocenters. The molecule has 0 fully saturated rings. The summed E-state index contributed by atoms with van der Waals surface area (Å²) >= 11 is 0. The number of phenols is 1. The average Bonchev–Trinajstić information content (AvgIpc) is 2.51. The molecule has 0 aliphatic rings. The molecule has 6 nitrogen and oxygen atoms in total. The van der Waals surface area contributed by atoms with Gasteiger partial charge in [0.05, 0.1) is 6.21 Å². The molecule has 0 radical (unpaired) electrons. The topological polar surface area (TPSA) is 90.8 Å². The van der Waals surface area contributed by atoms with Crippen LogP contribution in [-0.4, -0.2) is 23.1 Å². The summed E-state index contributed by atoms with van der Waals surface area (Å²) in [7, 11) is 0. The fraction of sp³-hybridized carbons (Fsp3) is 0.0625. The van der Waals surface area contributed by atoms with E-state index in [1.54, 1.807) is 30.3 Å². The maximum absolute atomic E-state index is 11.7. The molecule has 2 amide bonds. The van der Waals surface area contributed by atoms with Crippen LogP contribution >= 0.6 is 0 Å². The van der Waals surface area contributed by atoms with Crippen LogP contribution in [0.5, 0.6) is 5.75 Å². The largest absolute Gasteiger partial charge is 0.507 e. The Bertz CT molecular complexity index is 726. The van der Waals surface area contributed by atoms with Crippen molar-refractivity contribution < 1.29 is 14.7 Å². The van der Waals surface area contributed by atoms with Gasteiger partial charge in [-0.05, 0) is 30.7 Å². The number of carbonyl (C=O) groups excluding carboxylic acids is 2. The monoisotopic (exact) mass is 297 g/mol. The molecule has 2 aromatic carbocycles. The Hall–Kier alpha value is -3.15. The number of benzene rings is 2. The standard InChI is InChI=1S/C16H15N3O3/c1-11-6-2-4-8-13(11)18-15(21)16(22)19-17-10-12-7-3-5-9-14(12)20/h2-10,20H,1H3,(H,18,21)(H,19,22)/b17-10-. The van der Waals surface area contributed by atoms with Gasteiger partial charge in [-0.2, -0.15) is 5.10 Å². The van der Waals surface area contributed by atoms with E-state index in [4.69, 9.17) is 0 Å². The highest BCUT2D eigenvalue weighted by Crippen LogP contribution is 2.13. The molecule has 22 heavy (non-hydrogen) atoms. The molecule has 0 bridgehead atoms. The highest BCUT2D eigenvalue weighted by Gasteiger charge is 2.13. The smallest absolute Gasteiger partial charge is 0.329 e.